The van der Waals surface area contributed by atoms with Crippen LogP contribution in [0.25, 0.3) is 0 Å². The normalized spacial score (nSPS) is 10.8. The SMILES string of the molecule is Cc1ccc(C(C)C)c(Cl)c1C. The number of hydrogen-bond donors (Lipinski definition) is 0. The molecule has 0 radical (unpaired) electrons. The maximum atomic E-state index is 6.19. The summed E-state index contributed by atoms with van der Waals surface area (Å²) in [5.41, 5.74) is 3.73. The van der Waals surface area contributed by atoms with Crippen LogP contribution in [0, 0.1) is 13.8 Å². The molecular weight excluding hydrogens is 168 g/mol. The van der Waals surface area contributed by atoms with Gasteiger partial charge >= 0.3 is 0 Å². The third-order valence-corrected chi connectivity index (χ3v) is 2.81. The lowest BCUT2D eigenvalue weighted by Gasteiger charge is -2.11. The Hall–Kier alpha value is -0.490. The van der Waals surface area contributed by atoms with Gasteiger partial charge in [0, 0.05) is 5.02 Å². The maximum absolute atomic E-state index is 6.19. The molecule has 66 valence electrons. The van der Waals surface area contributed by atoms with Gasteiger partial charge in [-0.2, -0.15) is 0 Å². The molecule has 1 rings (SSSR count). The van der Waals surface area contributed by atoms with Crippen LogP contribution in [0.2, 0.25) is 5.02 Å². The van der Waals surface area contributed by atoms with Crippen molar-refractivity contribution in [1.82, 2.24) is 0 Å². The van der Waals surface area contributed by atoms with Gasteiger partial charge in [-0.3, -0.25) is 0 Å². The van der Waals surface area contributed by atoms with E-state index in [4.69, 9.17) is 11.6 Å². The van der Waals surface area contributed by atoms with Crippen LogP contribution in [0.4, 0.5) is 0 Å². The molecule has 0 nitrogen and oxygen atoms in total. The highest BCUT2D eigenvalue weighted by Gasteiger charge is 2.07. The minimum Gasteiger partial charge on any atom is -0.0837 e. The Labute approximate surface area is 79.6 Å². The summed E-state index contributed by atoms with van der Waals surface area (Å²) in [6.07, 6.45) is 0. The number of rotatable bonds is 1. The summed E-state index contributed by atoms with van der Waals surface area (Å²) < 4.78 is 0. The summed E-state index contributed by atoms with van der Waals surface area (Å²) in [6, 6.07) is 4.26. The van der Waals surface area contributed by atoms with Crippen molar-refractivity contribution in [2.24, 2.45) is 0 Å². The van der Waals surface area contributed by atoms with Crippen molar-refractivity contribution in [2.45, 2.75) is 33.6 Å². The van der Waals surface area contributed by atoms with Crippen molar-refractivity contribution in [2.75, 3.05) is 0 Å². The van der Waals surface area contributed by atoms with Crippen LogP contribution in [-0.2, 0) is 0 Å². The molecule has 0 fully saturated rings. The molecule has 0 N–H and O–H groups in total. The molecule has 0 unspecified atom stereocenters. The van der Waals surface area contributed by atoms with E-state index in [0.717, 1.165) is 5.02 Å². The van der Waals surface area contributed by atoms with Crippen molar-refractivity contribution < 1.29 is 0 Å². The Bertz CT molecular complexity index is 287. The van der Waals surface area contributed by atoms with E-state index in [1.807, 2.05) is 0 Å². The molecule has 0 amide bonds. The molecular formula is C11H15Cl. The second-order valence-corrected chi connectivity index (χ2v) is 3.94. The van der Waals surface area contributed by atoms with E-state index < -0.39 is 0 Å². The highest BCUT2D eigenvalue weighted by molar-refractivity contribution is 6.32. The van der Waals surface area contributed by atoms with Gasteiger partial charge in [0.15, 0.2) is 0 Å². The first kappa shape index (κ1) is 9.60. The Morgan fingerprint density at radius 3 is 2.25 bits per heavy atom. The summed E-state index contributed by atoms with van der Waals surface area (Å²) in [6.45, 7) is 8.49. The van der Waals surface area contributed by atoms with Gasteiger partial charge in [0.05, 0.1) is 0 Å². The van der Waals surface area contributed by atoms with Crippen LogP contribution < -0.4 is 0 Å². The Balaban J connectivity index is 3.27. The average Bonchev–Trinajstić information content (AvgIpc) is 2.00. The maximum Gasteiger partial charge on any atom is 0.0472 e. The van der Waals surface area contributed by atoms with E-state index in [0.29, 0.717) is 5.92 Å². The van der Waals surface area contributed by atoms with Crippen molar-refractivity contribution in [1.29, 1.82) is 0 Å². The Morgan fingerprint density at radius 1 is 1.17 bits per heavy atom. The molecule has 1 aromatic carbocycles. The van der Waals surface area contributed by atoms with Gasteiger partial charge in [-0.25, -0.2) is 0 Å². The first-order valence-electron chi connectivity index (χ1n) is 4.29. The number of benzene rings is 1. The summed E-state index contributed by atoms with van der Waals surface area (Å²) in [5, 5.41) is 0.935. The fraction of sp³-hybridized carbons (Fsp3) is 0.455. The molecule has 12 heavy (non-hydrogen) atoms. The third-order valence-electron chi connectivity index (χ3n) is 2.31. The summed E-state index contributed by atoms with van der Waals surface area (Å²) >= 11 is 6.19. The van der Waals surface area contributed by atoms with Crippen LogP contribution in [0.1, 0.15) is 36.5 Å². The van der Waals surface area contributed by atoms with E-state index in [-0.39, 0.29) is 0 Å². The summed E-state index contributed by atoms with van der Waals surface area (Å²) in [5.74, 6) is 0.511. The van der Waals surface area contributed by atoms with Crippen LogP contribution in [0.3, 0.4) is 0 Å². The number of aryl methyl sites for hydroxylation is 1. The molecule has 0 saturated carbocycles. The van der Waals surface area contributed by atoms with E-state index in [1.165, 1.54) is 16.7 Å². The van der Waals surface area contributed by atoms with E-state index in [2.05, 4.69) is 39.8 Å². The second kappa shape index (κ2) is 3.49. The van der Waals surface area contributed by atoms with Crippen molar-refractivity contribution in [3.05, 3.63) is 33.8 Å². The van der Waals surface area contributed by atoms with Gasteiger partial charge in [0.1, 0.15) is 0 Å². The molecule has 0 aliphatic heterocycles. The topological polar surface area (TPSA) is 0 Å². The predicted molar refractivity (Wildman–Crippen MR) is 55.0 cm³/mol. The van der Waals surface area contributed by atoms with Crippen LogP contribution in [0.15, 0.2) is 12.1 Å². The zero-order chi connectivity index (χ0) is 9.30. The minimum absolute atomic E-state index is 0.511. The van der Waals surface area contributed by atoms with Crippen molar-refractivity contribution in [3.63, 3.8) is 0 Å². The monoisotopic (exact) mass is 182 g/mol. The zero-order valence-electron chi connectivity index (χ0n) is 8.11. The molecule has 0 heterocycles. The molecule has 0 aliphatic rings. The molecule has 0 saturated heterocycles. The standard InChI is InChI=1S/C11H15Cl/c1-7(2)10-6-5-8(3)9(4)11(10)12/h5-7H,1-4H3. The first-order valence-corrected chi connectivity index (χ1v) is 4.67. The largest absolute Gasteiger partial charge is 0.0837 e. The molecule has 0 aromatic heterocycles. The third kappa shape index (κ3) is 1.64. The van der Waals surface area contributed by atoms with Gasteiger partial charge in [-0.15, -0.1) is 0 Å². The predicted octanol–water partition coefficient (Wildman–Crippen LogP) is 4.08. The Kier molecular flexibility index (Phi) is 2.79. The average molecular weight is 183 g/mol. The lowest BCUT2D eigenvalue weighted by Crippen LogP contribution is -1.92. The van der Waals surface area contributed by atoms with Gasteiger partial charge < -0.3 is 0 Å². The lowest BCUT2D eigenvalue weighted by molar-refractivity contribution is 0.864. The van der Waals surface area contributed by atoms with Crippen LogP contribution >= 0.6 is 11.6 Å². The quantitative estimate of drug-likeness (QED) is 0.614. The van der Waals surface area contributed by atoms with E-state index in [9.17, 15) is 0 Å². The fourth-order valence-corrected chi connectivity index (χ4v) is 1.68. The van der Waals surface area contributed by atoms with Gasteiger partial charge in [-0.05, 0) is 36.5 Å². The minimum atomic E-state index is 0.511. The van der Waals surface area contributed by atoms with E-state index >= 15 is 0 Å². The summed E-state index contributed by atoms with van der Waals surface area (Å²) in [7, 11) is 0. The lowest BCUT2D eigenvalue weighted by atomic mass is 9.98. The van der Waals surface area contributed by atoms with E-state index in [1.54, 1.807) is 0 Å². The smallest absolute Gasteiger partial charge is 0.0472 e. The van der Waals surface area contributed by atoms with Crippen LogP contribution in [0.5, 0.6) is 0 Å². The highest BCUT2D eigenvalue weighted by Crippen LogP contribution is 2.28. The van der Waals surface area contributed by atoms with Crippen LogP contribution in [-0.4, -0.2) is 0 Å². The van der Waals surface area contributed by atoms with Crippen molar-refractivity contribution >= 4 is 11.6 Å². The molecule has 1 heteroatoms. The molecule has 0 bridgehead atoms. The number of halogens is 1. The van der Waals surface area contributed by atoms with Gasteiger partial charge in [0.2, 0.25) is 0 Å². The zero-order valence-corrected chi connectivity index (χ0v) is 8.87. The van der Waals surface area contributed by atoms with Gasteiger partial charge in [-0.1, -0.05) is 37.6 Å². The highest BCUT2D eigenvalue weighted by atomic mass is 35.5. The summed E-state index contributed by atoms with van der Waals surface area (Å²) in [4.78, 5) is 0. The molecule has 1 aromatic rings. The molecule has 0 spiro atoms. The second-order valence-electron chi connectivity index (χ2n) is 3.57. The van der Waals surface area contributed by atoms with Gasteiger partial charge in [0.25, 0.3) is 0 Å². The molecule has 0 aliphatic carbocycles. The fourth-order valence-electron chi connectivity index (χ4n) is 1.25. The Morgan fingerprint density at radius 2 is 1.75 bits per heavy atom. The first-order chi connectivity index (χ1) is 5.54. The number of hydrogen-bond acceptors (Lipinski definition) is 0. The van der Waals surface area contributed by atoms with Crippen molar-refractivity contribution in [3.8, 4) is 0 Å². The molecule has 0 atom stereocenters.